The Hall–Kier alpha value is -2.19. The molecule has 0 saturated carbocycles. The lowest BCUT2D eigenvalue weighted by molar-refractivity contribution is -0.114. The average Bonchev–Trinajstić information content (AvgIpc) is 2.88. The molecule has 0 saturated heterocycles. The third kappa shape index (κ3) is 2.88. The van der Waals surface area contributed by atoms with Gasteiger partial charge in [0.05, 0.1) is 17.1 Å². The highest BCUT2D eigenvalue weighted by Gasteiger charge is 2.09. The second-order valence-corrected chi connectivity index (χ2v) is 5.89. The first-order valence-electron chi connectivity index (χ1n) is 6.49. The Morgan fingerprint density at radius 2 is 2.14 bits per heavy atom. The molecular formula is C14H13N5OS2. The average molecular weight is 331 g/mol. The van der Waals surface area contributed by atoms with Gasteiger partial charge in [0.25, 0.3) is 0 Å². The highest BCUT2D eigenvalue weighted by molar-refractivity contribution is 7.81. The number of nitrogens with one attached hydrogen (secondary N) is 2. The maximum absolute atomic E-state index is 11.1. The van der Waals surface area contributed by atoms with Crippen LogP contribution < -0.4 is 10.0 Å². The lowest BCUT2D eigenvalue weighted by Gasteiger charge is -2.06. The molecule has 0 bridgehead atoms. The lowest BCUT2D eigenvalue weighted by Crippen LogP contribution is -2.04. The monoisotopic (exact) mass is 331 g/mol. The highest BCUT2D eigenvalue weighted by atomic mass is 32.1. The number of amides is 1. The van der Waals surface area contributed by atoms with Crippen LogP contribution in [0.5, 0.6) is 0 Å². The van der Waals surface area contributed by atoms with Gasteiger partial charge in [-0.3, -0.25) is 9.78 Å². The van der Waals surface area contributed by atoms with Crippen LogP contribution in [0.15, 0.2) is 24.4 Å². The molecule has 6 nitrogen and oxygen atoms in total. The molecule has 0 aliphatic heterocycles. The maximum Gasteiger partial charge on any atom is 0.223 e. The minimum absolute atomic E-state index is 0.147. The molecule has 2 N–H and O–H groups in total. The van der Waals surface area contributed by atoms with E-state index < -0.39 is 0 Å². The number of hydrogen-bond acceptors (Lipinski definition) is 7. The minimum Gasteiger partial charge on any atom is -0.331 e. The number of carbonyl (C=O) groups is 1. The molecule has 0 aliphatic carbocycles. The number of thiazole rings is 1. The predicted molar refractivity (Wildman–Crippen MR) is 92.3 cm³/mol. The molecular weight excluding hydrogens is 318 g/mol. The molecule has 3 aromatic rings. The smallest absolute Gasteiger partial charge is 0.223 e. The van der Waals surface area contributed by atoms with Crippen LogP contribution in [0.3, 0.4) is 0 Å². The first kappa shape index (κ1) is 14.7. The van der Waals surface area contributed by atoms with Crippen LogP contribution in [0.25, 0.3) is 21.6 Å². The Morgan fingerprint density at radius 1 is 1.32 bits per heavy atom. The molecule has 0 aromatic carbocycles. The number of aryl methyl sites for hydroxylation is 1. The normalized spacial score (nSPS) is 10.7. The van der Waals surface area contributed by atoms with E-state index in [1.54, 1.807) is 6.20 Å². The fourth-order valence-electron chi connectivity index (χ4n) is 1.97. The minimum atomic E-state index is -0.147. The van der Waals surface area contributed by atoms with Crippen LogP contribution in [-0.2, 0) is 4.79 Å². The zero-order valence-corrected chi connectivity index (χ0v) is 13.6. The van der Waals surface area contributed by atoms with Gasteiger partial charge in [-0.1, -0.05) is 24.2 Å². The topological polar surface area (TPSA) is 79.8 Å². The van der Waals surface area contributed by atoms with E-state index >= 15 is 0 Å². The number of aromatic nitrogens is 3. The van der Waals surface area contributed by atoms with Crippen molar-refractivity contribution in [3.05, 3.63) is 30.1 Å². The van der Waals surface area contributed by atoms with Crippen molar-refractivity contribution in [2.75, 3.05) is 10.0 Å². The van der Waals surface area contributed by atoms with Crippen molar-refractivity contribution >= 4 is 51.2 Å². The van der Waals surface area contributed by atoms with E-state index in [4.69, 9.17) is 0 Å². The summed E-state index contributed by atoms with van der Waals surface area (Å²) in [6, 6.07) is 5.71. The Kier molecular flexibility index (Phi) is 3.95. The summed E-state index contributed by atoms with van der Waals surface area (Å²) < 4.78 is 2.82. The first-order valence-corrected chi connectivity index (χ1v) is 7.75. The summed E-state index contributed by atoms with van der Waals surface area (Å²) in [4.78, 5) is 25.1. The van der Waals surface area contributed by atoms with Crippen molar-refractivity contribution in [2.24, 2.45) is 0 Å². The number of fused-ring (bicyclic) bond motifs is 1. The molecule has 0 unspecified atom stereocenters. The largest absolute Gasteiger partial charge is 0.331 e. The fraction of sp³-hybridized carbons (Fsp3) is 0.143. The van der Waals surface area contributed by atoms with Crippen LogP contribution in [0.4, 0.5) is 10.8 Å². The lowest BCUT2D eigenvalue weighted by atomic mass is 10.1. The summed E-state index contributed by atoms with van der Waals surface area (Å²) in [5.41, 5.74) is 4.14. The van der Waals surface area contributed by atoms with Crippen LogP contribution >= 0.6 is 24.2 Å². The predicted octanol–water partition coefficient (Wildman–Crippen LogP) is 3.28. The number of carbonyl (C=O) groups excluding carboxylic acids is 1. The van der Waals surface area contributed by atoms with E-state index in [1.807, 2.05) is 25.1 Å². The number of anilines is 2. The molecule has 0 fully saturated rings. The van der Waals surface area contributed by atoms with Crippen molar-refractivity contribution in [3.63, 3.8) is 0 Å². The molecule has 0 radical (unpaired) electrons. The highest BCUT2D eigenvalue weighted by Crippen LogP contribution is 2.28. The van der Waals surface area contributed by atoms with E-state index in [9.17, 15) is 4.79 Å². The first-order chi connectivity index (χ1) is 10.6. The molecule has 1 amide bonds. The molecule has 3 aromatic heterocycles. The quantitative estimate of drug-likeness (QED) is 0.642. The van der Waals surface area contributed by atoms with Gasteiger partial charge < -0.3 is 10.0 Å². The molecule has 0 aliphatic rings. The summed E-state index contributed by atoms with van der Waals surface area (Å²) in [7, 11) is 0. The van der Waals surface area contributed by atoms with Crippen LogP contribution in [0.2, 0.25) is 0 Å². The second-order valence-electron chi connectivity index (χ2n) is 4.69. The molecule has 3 heterocycles. The van der Waals surface area contributed by atoms with Crippen LogP contribution in [-0.4, -0.2) is 20.9 Å². The van der Waals surface area contributed by atoms with Gasteiger partial charge in [0, 0.05) is 18.7 Å². The van der Waals surface area contributed by atoms with Gasteiger partial charge >= 0.3 is 0 Å². The zero-order chi connectivity index (χ0) is 15.7. The summed E-state index contributed by atoms with van der Waals surface area (Å²) in [6.45, 7) is 3.36. The Bertz CT molecular complexity index is 862. The molecule has 0 atom stereocenters. The molecule has 22 heavy (non-hydrogen) atoms. The summed E-state index contributed by atoms with van der Waals surface area (Å²) >= 11 is 5.42. The summed E-state index contributed by atoms with van der Waals surface area (Å²) in [6.07, 6.45) is 1.77. The van der Waals surface area contributed by atoms with Crippen molar-refractivity contribution in [3.8, 4) is 11.3 Å². The van der Waals surface area contributed by atoms with Crippen molar-refractivity contribution in [1.82, 2.24) is 15.0 Å². The maximum atomic E-state index is 11.1. The summed E-state index contributed by atoms with van der Waals surface area (Å²) in [5, 5.41) is 3.22. The molecule has 0 spiro atoms. The summed E-state index contributed by atoms with van der Waals surface area (Å²) in [5.74, 6) is -0.147. The van der Waals surface area contributed by atoms with Gasteiger partial charge in [-0.2, -0.15) is 0 Å². The van der Waals surface area contributed by atoms with Gasteiger partial charge in [-0.05, 0) is 25.1 Å². The number of thiol groups is 1. The number of rotatable bonds is 3. The van der Waals surface area contributed by atoms with Gasteiger partial charge in [0.15, 0.2) is 5.13 Å². The number of hydrogen-bond donors (Lipinski definition) is 3. The van der Waals surface area contributed by atoms with Crippen LogP contribution in [0.1, 0.15) is 12.6 Å². The van der Waals surface area contributed by atoms with E-state index in [0.717, 1.165) is 33.0 Å². The van der Waals surface area contributed by atoms with Gasteiger partial charge in [-0.15, -0.1) is 0 Å². The SMILES string of the molecule is CC(=O)Nc1nc2ccc(-c3cnc(C)c(NS)c3)nc2s1. The van der Waals surface area contributed by atoms with E-state index in [1.165, 1.54) is 18.3 Å². The Balaban J connectivity index is 2.02. The molecule has 112 valence electrons. The van der Waals surface area contributed by atoms with Crippen molar-refractivity contribution in [1.29, 1.82) is 0 Å². The Labute approximate surface area is 136 Å². The third-order valence-corrected chi connectivity index (χ3v) is 4.16. The van der Waals surface area contributed by atoms with Crippen molar-refractivity contribution < 1.29 is 4.79 Å². The second kappa shape index (κ2) is 5.90. The molecule has 8 heteroatoms. The number of nitrogens with zero attached hydrogens (tertiary/aromatic N) is 3. The third-order valence-electron chi connectivity index (χ3n) is 3.04. The Morgan fingerprint density at radius 3 is 2.86 bits per heavy atom. The van der Waals surface area contributed by atoms with Gasteiger partial charge in [0.2, 0.25) is 5.91 Å². The van der Waals surface area contributed by atoms with E-state index in [-0.39, 0.29) is 5.91 Å². The van der Waals surface area contributed by atoms with E-state index in [2.05, 4.69) is 37.8 Å². The number of pyridine rings is 2. The van der Waals surface area contributed by atoms with E-state index in [0.29, 0.717) is 5.13 Å². The van der Waals surface area contributed by atoms with Crippen molar-refractivity contribution in [2.45, 2.75) is 13.8 Å². The standard InChI is InChI=1S/C14H13N5OS2/c1-7-12(19-21)5-9(6-15-7)10-3-4-11-13(17-10)22-14(18-11)16-8(2)20/h3-6,19,21H,1-2H3,(H,16,18,20). The zero-order valence-electron chi connectivity index (χ0n) is 11.9. The van der Waals surface area contributed by atoms with Crippen LogP contribution in [0, 0.1) is 6.92 Å². The fourth-order valence-corrected chi connectivity index (χ4v) is 3.08. The molecule has 3 rings (SSSR count). The van der Waals surface area contributed by atoms with Gasteiger partial charge in [-0.25, -0.2) is 9.97 Å². The van der Waals surface area contributed by atoms with Gasteiger partial charge in [0.1, 0.15) is 10.3 Å².